The van der Waals surface area contributed by atoms with Crippen LogP contribution in [0.25, 0.3) is 0 Å². The van der Waals surface area contributed by atoms with Crippen LogP contribution >= 0.6 is 0 Å². The van der Waals surface area contributed by atoms with Crippen LogP contribution in [0, 0.1) is 0 Å². The highest BCUT2D eigenvalue weighted by molar-refractivity contribution is 5.73. The summed E-state index contributed by atoms with van der Waals surface area (Å²) < 4.78 is 11.7. The van der Waals surface area contributed by atoms with Crippen molar-refractivity contribution in [1.82, 2.24) is 4.98 Å². The molecule has 0 fully saturated rings. The van der Waals surface area contributed by atoms with Crippen molar-refractivity contribution in [3.05, 3.63) is 23.0 Å². The van der Waals surface area contributed by atoms with E-state index in [1.807, 2.05) is 20.0 Å². The molecule has 0 aliphatic carbocycles. The molecular formula is C24H39NO3. The third-order valence-electron chi connectivity index (χ3n) is 5.62. The first-order chi connectivity index (χ1) is 13.5. The molecule has 1 aliphatic rings. The zero-order chi connectivity index (χ0) is 20.4. The molecule has 2 heterocycles. The number of fused-ring (bicyclic) bond motifs is 1. The van der Waals surface area contributed by atoms with Crippen LogP contribution in [0.15, 0.2) is 6.20 Å². The monoisotopic (exact) mass is 389 g/mol. The number of carbonyl (C=O) groups is 1. The number of carbonyl (C=O) groups excluding carboxylic acids is 1. The number of esters is 1. The fourth-order valence-electron chi connectivity index (χ4n) is 3.85. The highest BCUT2D eigenvalue weighted by atomic mass is 16.5. The first-order valence-electron chi connectivity index (χ1n) is 11.4. The van der Waals surface area contributed by atoms with E-state index in [1.54, 1.807) is 0 Å². The summed E-state index contributed by atoms with van der Waals surface area (Å²) in [5, 5.41) is 0. The van der Waals surface area contributed by atoms with E-state index in [0.717, 1.165) is 42.5 Å². The predicted octanol–water partition coefficient (Wildman–Crippen LogP) is 6.63. The van der Waals surface area contributed by atoms with E-state index in [9.17, 15) is 4.79 Å². The molecule has 2 rings (SSSR count). The van der Waals surface area contributed by atoms with Crippen molar-refractivity contribution >= 4 is 5.97 Å². The average Bonchev–Trinajstić information content (AvgIpc) is 2.97. The highest BCUT2D eigenvalue weighted by Crippen LogP contribution is 2.41. The summed E-state index contributed by atoms with van der Waals surface area (Å²) >= 11 is 0. The fraction of sp³-hybridized carbons (Fsp3) is 0.750. The van der Waals surface area contributed by atoms with Gasteiger partial charge in [0.1, 0.15) is 0 Å². The van der Waals surface area contributed by atoms with E-state index < -0.39 is 0 Å². The number of hydrogen-bond acceptors (Lipinski definition) is 4. The molecule has 0 bridgehead atoms. The van der Waals surface area contributed by atoms with Crippen molar-refractivity contribution in [2.75, 3.05) is 0 Å². The summed E-state index contributed by atoms with van der Waals surface area (Å²) in [5.74, 6) is 0.519. The Bertz CT molecular complexity index is 625. The molecule has 0 spiro atoms. The summed E-state index contributed by atoms with van der Waals surface area (Å²) in [6, 6.07) is 0. The van der Waals surface area contributed by atoms with Crippen molar-refractivity contribution in [1.29, 1.82) is 0 Å². The molecule has 0 saturated heterocycles. The highest BCUT2D eigenvalue weighted by Gasteiger charge is 2.35. The number of ether oxygens (including phenoxy) is 2. The third kappa shape index (κ3) is 6.58. The van der Waals surface area contributed by atoms with E-state index in [4.69, 9.17) is 9.47 Å². The molecule has 0 N–H and O–H groups in total. The van der Waals surface area contributed by atoms with Gasteiger partial charge in [-0.05, 0) is 26.7 Å². The van der Waals surface area contributed by atoms with Crippen molar-refractivity contribution in [3.8, 4) is 5.75 Å². The topological polar surface area (TPSA) is 48.4 Å². The van der Waals surface area contributed by atoms with Crippen LogP contribution in [0.1, 0.15) is 115 Å². The van der Waals surface area contributed by atoms with Crippen molar-refractivity contribution < 1.29 is 14.3 Å². The molecule has 0 saturated carbocycles. The van der Waals surface area contributed by atoms with Crippen molar-refractivity contribution in [2.45, 2.75) is 117 Å². The van der Waals surface area contributed by atoms with Gasteiger partial charge in [0.15, 0.2) is 5.75 Å². The largest absolute Gasteiger partial charge is 0.424 e. The van der Waals surface area contributed by atoms with E-state index >= 15 is 0 Å². The van der Waals surface area contributed by atoms with E-state index in [-0.39, 0.29) is 11.6 Å². The fourth-order valence-corrected chi connectivity index (χ4v) is 3.85. The lowest BCUT2D eigenvalue weighted by Gasteiger charge is -2.18. The summed E-state index contributed by atoms with van der Waals surface area (Å²) in [6.45, 7) is 8.92. The molecule has 0 aromatic carbocycles. The maximum absolute atomic E-state index is 12.4. The van der Waals surface area contributed by atoms with Crippen LogP contribution in [-0.4, -0.2) is 11.0 Å². The number of aryl methyl sites for hydroxylation is 1. The van der Waals surface area contributed by atoms with Gasteiger partial charge in [0, 0.05) is 23.7 Å². The summed E-state index contributed by atoms with van der Waals surface area (Å²) in [6.07, 6.45) is 15.3. The van der Waals surface area contributed by atoms with E-state index in [2.05, 4.69) is 18.8 Å². The molecule has 0 amide bonds. The van der Waals surface area contributed by atoms with Gasteiger partial charge in [-0.3, -0.25) is 9.78 Å². The Hall–Kier alpha value is -1.42. The maximum atomic E-state index is 12.4. The van der Waals surface area contributed by atoms with Crippen LogP contribution in [-0.2, 0) is 28.2 Å². The Morgan fingerprint density at radius 3 is 2.32 bits per heavy atom. The predicted molar refractivity (Wildman–Crippen MR) is 114 cm³/mol. The SMILES string of the molecule is CCCCCCCCCCCC(=O)Oc1c(CCC)ncc2c1COC2(C)C. The Morgan fingerprint density at radius 2 is 1.68 bits per heavy atom. The molecule has 158 valence electrons. The summed E-state index contributed by atoms with van der Waals surface area (Å²) in [5.41, 5.74) is 2.55. The minimum absolute atomic E-state index is 0.139. The van der Waals surface area contributed by atoms with Gasteiger partial charge in [-0.25, -0.2) is 0 Å². The zero-order valence-electron chi connectivity index (χ0n) is 18.4. The minimum Gasteiger partial charge on any atom is -0.424 e. The lowest BCUT2D eigenvalue weighted by molar-refractivity contribution is -0.134. The van der Waals surface area contributed by atoms with E-state index in [0.29, 0.717) is 18.8 Å². The second-order valence-corrected chi connectivity index (χ2v) is 8.53. The lowest BCUT2D eigenvalue weighted by Crippen LogP contribution is -2.16. The zero-order valence-corrected chi connectivity index (χ0v) is 18.4. The Balaban J connectivity index is 1.81. The lowest BCUT2D eigenvalue weighted by atomic mass is 9.96. The molecule has 1 aromatic rings. The van der Waals surface area contributed by atoms with Crippen LogP contribution < -0.4 is 4.74 Å². The number of rotatable bonds is 13. The molecule has 0 atom stereocenters. The van der Waals surface area contributed by atoms with Gasteiger partial charge in [-0.15, -0.1) is 0 Å². The van der Waals surface area contributed by atoms with Gasteiger partial charge >= 0.3 is 5.97 Å². The quantitative estimate of drug-likeness (QED) is 0.281. The second kappa shape index (κ2) is 11.5. The number of unbranched alkanes of at least 4 members (excludes halogenated alkanes) is 8. The number of aromatic nitrogens is 1. The molecule has 1 aromatic heterocycles. The third-order valence-corrected chi connectivity index (χ3v) is 5.62. The van der Waals surface area contributed by atoms with Crippen LogP contribution in [0.4, 0.5) is 0 Å². The van der Waals surface area contributed by atoms with Crippen molar-refractivity contribution in [2.24, 2.45) is 0 Å². The first kappa shape index (κ1) is 22.9. The molecule has 28 heavy (non-hydrogen) atoms. The minimum atomic E-state index is -0.370. The van der Waals surface area contributed by atoms with Gasteiger partial charge in [0.05, 0.1) is 17.9 Å². The maximum Gasteiger partial charge on any atom is 0.311 e. The standard InChI is InChI=1S/C24H39NO3/c1-5-7-8-9-10-11-12-13-14-16-22(26)28-23-19-18-27-24(3,4)20(19)17-25-21(23)15-6-2/h17H,5-16,18H2,1-4H3. The van der Waals surface area contributed by atoms with Crippen molar-refractivity contribution in [3.63, 3.8) is 0 Å². The Labute approximate surface area is 171 Å². The number of hydrogen-bond donors (Lipinski definition) is 0. The molecule has 0 unspecified atom stereocenters. The van der Waals surface area contributed by atoms with Crippen LogP contribution in [0.2, 0.25) is 0 Å². The first-order valence-corrected chi connectivity index (χ1v) is 11.4. The summed E-state index contributed by atoms with van der Waals surface area (Å²) in [7, 11) is 0. The second-order valence-electron chi connectivity index (χ2n) is 8.53. The Kier molecular flexibility index (Phi) is 9.43. The molecule has 4 nitrogen and oxygen atoms in total. The molecule has 1 aliphatic heterocycles. The van der Waals surface area contributed by atoms with Gasteiger partial charge in [-0.1, -0.05) is 71.6 Å². The van der Waals surface area contributed by atoms with Gasteiger partial charge in [0.2, 0.25) is 0 Å². The molecule has 0 radical (unpaired) electrons. The molecule has 4 heteroatoms. The smallest absolute Gasteiger partial charge is 0.311 e. The normalized spacial score (nSPS) is 14.9. The number of nitrogens with zero attached hydrogens (tertiary/aromatic N) is 1. The average molecular weight is 390 g/mol. The Morgan fingerprint density at radius 1 is 1.04 bits per heavy atom. The van der Waals surface area contributed by atoms with Gasteiger partial charge in [0.25, 0.3) is 0 Å². The van der Waals surface area contributed by atoms with Crippen LogP contribution in [0.5, 0.6) is 5.75 Å². The number of pyridine rings is 1. The molecular weight excluding hydrogens is 350 g/mol. The van der Waals surface area contributed by atoms with Gasteiger partial charge in [-0.2, -0.15) is 0 Å². The summed E-state index contributed by atoms with van der Waals surface area (Å²) in [4.78, 5) is 17.0. The van der Waals surface area contributed by atoms with Crippen LogP contribution in [0.3, 0.4) is 0 Å². The van der Waals surface area contributed by atoms with E-state index in [1.165, 1.54) is 44.9 Å². The van der Waals surface area contributed by atoms with Gasteiger partial charge < -0.3 is 9.47 Å².